The predicted octanol–water partition coefficient (Wildman–Crippen LogP) is 1.88. The fraction of sp³-hybridized carbons (Fsp3) is 0.444. The summed E-state index contributed by atoms with van der Waals surface area (Å²) in [6, 6.07) is 9.52. The molecule has 7 nitrogen and oxygen atoms in total. The molecule has 2 amide bonds. The van der Waals surface area contributed by atoms with Crippen molar-refractivity contribution < 1.29 is 9.53 Å². The number of nitrogens with zero attached hydrogens (tertiary/aromatic N) is 3. The first-order chi connectivity index (χ1) is 12.0. The van der Waals surface area contributed by atoms with Crippen molar-refractivity contribution >= 4 is 6.03 Å². The van der Waals surface area contributed by atoms with Gasteiger partial charge in [-0.1, -0.05) is 18.2 Å². The van der Waals surface area contributed by atoms with Crippen molar-refractivity contribution in [3.8, 4) is 5.75 Å². The first-order valence-electron chi connectivity index (χ1n) is 8.32. The number of benzene rings is 1. The van der Waals surface area contributed by atoms with E-state index in [1.165, 1.54) is 0 Å². The Bertz CT molecular complexity index is 657. The fourth-order valence-electron chi connectivity index (χ4n) is 2.71. The number of amides is 2. The second kappa shape index (κ2) is 9.08. The predicted molar refractivity (Wildman–Crippen MR) is 97.6 cm³/mol. The highest BCUT2D eigenvalue weighted by atomic mass is 16.5. The van der Waals surface area contributed by atoms with Gasteiger partial charge in [0.25, 0.3) is 0 Å². The van der Waals surface area contributed by atoms with Crippen LogP contribution in [0.25, 0.3) is 0 Å². The van der Waals surface area contributed by atoms with E-state index in [4.69, 9.17) is 4.74 Å². The van der Waals surface area contributed by atoms with Gasteiger partial charge in [-0.2, -0.15) is 5.10 Å². The molecule has 25 heavy (non-hydrogen) atoms. The highest BCUT2D eigenvalue weighted by Gasteiger charge is 2.19. The van der Waals surface area contributed by atoms with Gasteiger partial charge in [0, 0.05) is 30.5 Å². The molecular formula is C18H27N5O2. The molecule has 0 spiro atoms. The molecule has 0 radical (unpaired) electrons. The second-order valence-electron chi connectivity index (χ2n) is 6.20. The van der Waals surface area contributed by atoms with Gasteiger partial charge in [-0.05, 0) is 33.2 Å². The maximum atomic E-state index is 12.2. The van der Waals surface area contributed by atoms with E-state index in [-0.39, 0.29) is 18.1 Å². The molecule has 0 unspecified atom stereocenters. The number of hydrogen-bond donors (Lipinski definition) is 2. The molecule has 2 rings (SSSR count). The van der Waals surface area contributed by atoms with Gasteiger partial charge in [-0.15, -0.1) is 0 Å². The summed E-state index contributed by atoms with van der Waals surface area (Å²) in [7, 11) is 5.62. The Morgan fingerprint density at radius 3 is 2.72 bits per heavy atom. The van der Waals surface area contributed by atoms with Crippen LogP contribution < -0.4 is 15.4 Å². The average Bonchev–Trinajstić information content (AvgIpc) is 3.07. The molecule has 0 aliphatic heterocycles. The zero-order valence-electron chi connectivity index (χ0n) is 15.3. The molecule has 2 atom stereocenters. The van der Waals surface area contributed by atoms with Crippen LogP contribution in [0.2, 0.25) is 0 Å². The van der Waals surface area contributed by atoms with E-state index >= 15 is 0 Å². The molecule has 2 N–H and O–H groups in total. The zero-order valence-corrected chi connectivity index (χ0v) is 15.3. The molecule has 7 heteroatoms. The van der Waals surface area contributed by atoms with Crippen molar-refractivity contribution in [2.45, 2.75) is 25.6 Å². The van der Waals surface area contributed by atoms with Gasteiger partial charge in [-0.25, -0.2) is 4.79 Å². The number of urea groups is 1. The Morgan fingerprint density at radius 1 is 1.32 bits per heavy atom. The quantitative estimate of drug-likeness (QED) is 0.766. The number of nitrogens with one attached hydrogen (secondary N) is 2. The number of methoxy groups -OCH3 is 1. The second-order valence-corrected chi connectivity index (χ2v) is 6.20. The smallest absolute Gasteiger partial charge is 0.315 e. The molecule has 1 aromatic carbocycles. The van der Waals surface area contributed by atoms with Crippen molar-refractivity contribution in [1.29, 1.82) is 0 Å². The summed E-state index contributed by atoms with van der Waals surface area (Å²) < 4.78 is 7.24. The Hall–Kier alpha value is -2.54. The molecule has 1 heterocycles. The largest absolute Gasteiger partial charge is 0.496 e. The SMILES string of the molecule is COc1ccccc1[C@@H](CNC(=O)N[C@H](C)Cn1cccn1)N(C)C. The summed E-state index contributed by atoms with van der Waals surface area (Å²) in [5.74, 6) is 0.815. The molecule has 0 aliphatic rings. The van der Waals surface area contributed by atoms with Crippen LogP contribution >= 0.6 is 0 Å². The number of carbonyl (C=O) groups is 1. The molecule has 0 aliphatic carbocycles. The molecule has 1 aromatic heterocycles. The van der Waals surface area contributed by atoms with Crippen LogP contribution in [0.5, 0.6) is 5.75 Å². The number of likely N-dealkylation sites (N-methyl/N-ethyl adjacent to an activating group) is 1. The minimum absolute atomic E-state index is 0.0170. The average molecular weight is 345 g/mol. The summed E-state index contributed by atoms with van der Waals surface area (Å²) >= 11 is 0. The van der Waals surface area contributed by atoms with Crippen LogP contribution in [0.15, 0.2) is 42.7 Å². The molecular weight excluding hydrogens is 318 g/mol. The Kier molecular flexibility index (Phi) is 6.82. The summed E-state index contributed by atoms with van der Waals surface area (Å²) in [6.07, 6.45) is 3.60. The monoisotopic (exact) mass is 345 g/mol. The number of carbonyl (C=O) groups excluding carboxylic acids is 1. The maximum absolute atomic E-state index is 12.2. The van der Waals surface area contributed by atoms with E-state index in [1.54, 1.807) is 18.0 Å². The maximum Gasteiger partial charge on any atom is 0.315 e. The lowest BCUT2D eigenvalue weighted by molar-refractivity contribution is 0.227. The third-order valence-electron chi connectivity index (χ3n) is 3.97. The van der Waals surface area contributed by atoms with Crippen molar-refractivity contribution in [2.75, 3.05) is 27.7 Å². The van der Waals surface area contributed by atoms with Crippen LogP contribution in [0.1, 0.15) is 18.5 Å². The summed E-state index contributed by atoms with van der Waals surface area (Å²) in [4.78, 5) is 14.3. The summed E-state index contributed by atoms with van der Waals surface area (Å²) in [5.41, 5.74) is 1.04. The minimum Gasteiger partial charge on any atom is -0.496 e. The van der Waals surface area contributed by atoms with Gasteiger partial charge in [0.15, 0.2) is 0 Å². The van der Waals surface area contributed by atoms with E-state index in [1.807, 2.05) is 57.5 Å². The van der Waals surface area contributed by atoms with E-state index < -0.39 is 0 Å². The van der Waals surface area contributed by atoms with Crippen LogP contribution in [0, 0.1) is 0 Å². The van der Waals surface area contributed by atoms with Crippen LogP contribution in [-0.2, 0) is 6.54 Å². The topological polar surface area (TPSA) is 71.4 Å². The number of ether oxygens (including phenoxy) is 1. The lowest BCUT2D eigenvalue weighted by atomic mass is 10.0. The molecule has 0 bridgehead atoms. The lowest BCUT2D eigenvalue weighted by Crippen LogP contribution is -2.45. The van der Waals surface area contributed by atoms with Crippen molar-refractivity contribution in [3.63, 3.8) is 0 Å². The molecule has 2 aromatic rings. The number of hydrogen-bond acceptors (Lipinski definition) is 4. The fourth-order valence-corrected chi connectivity index (χ4v) is 2.71. The minimum atomic E-state index is -0.193. The highest BCUT2D eigenvalue weighted by Crippen LogP contribution is 2.27. The highest BCUT2D eigenvalue weighted by molar-refractivity contribution is 5.74. The Labute approximate surface area is 149 Å². The first kappa shape index (κ1) is 18.8. The van der Waals surface area contributed by atoms with Crippen molar-refractivity contribution in [2.24, 2.45) is 0 Å². The Morgan fingerprint density at radius 2 is 2.08 bits per heavy atom. The number of para-hydroxylation sites is 1. The zero-order chi connectivity index (χ0) is 18.2. The van der Waals surface area contributed by atoms with Gasteiger partial charge in [0.1, 0.15) is 5.75 Å². The van der Waals surface area contributed by atoms with E-state index in [0.29, 0.717) is 13.1 Å². The normalized spacial score (nSPS) is 13.3. The number of aromatic nitrogens is 2. The third kappa shape index (κ3) is 5.49. The van der Waals surface area contributed by atoms with E-state index in [9.17, 15) is 4.79 Å². The van der Waals surface area contributed by atoms with Crippen LogP contribution in [0.4, 0.5) is 4.79 Å². The number of rotatable bonds is 8. The van der Waals surface area contributed by atoms with Gasteiger partial charge < -0.3 is 20.3 Å². The van der Waals surface area contributed by atoms with E-state index in [2.05, 4.69) is 20.6 Å². The molecule has 0 saturated heterocycles. The van der Waals surface area contributed by atoms with Crippen molar-refractivity contribution in [3.05, 3.63) is 48.3 Å². The van der Waals surface area contributed by atoms with Crippen LogP contribution in [-0.4, -0.2) is 54.5 Å². The molecule has 0 saturated carbocycles. The third-order valence-corrected chi connectivity index (χ3v) is 3.97. The lowest BCUT2D eigenvalue weighted by Gasteiger charge is -2.27. The van der Waals surface area contributed by atoms with Crippen LogP contribution in [0.3, 0.4) is 0 Å². The standard InChI is InChI=1S/C18H27N5O2/c1-14(13-23-11-7-10-20-23)21-18(24)19-12-16(22(2)3)15-8-5-6-9-17(15)25-4/h5-11,14,16H,12-13H2,1-4H3,(H2,19,21,24)/t14-,16-/m1/s1. The van der Waals surface area contributed by atoms with Crippen molar-refractivity contribution in [1.82, 2.24) is 25.3 Å². The first-order valence-corrected chi connectivity index (χ1v) is 8.32. The summed E-state index contributed by atoms with van der Waals surface area (Å²) in [6.45, 7) is 3.06. The van der Waals surface area contributed by atoms with Gasteiger partial charge in [0.2, 0.25) is 0 Å². The Balaban J connectivity index is 1.91. The van der Waals surface area contributed by atoms with E-state index in [0.717, 1.165) is 11.3 Å². The van der Waals surface area contributed by atoms with Gasteiger partial charge >= 0.3 is 6.03 Å². The van der Waals surface area contributed by atoms with Gasteiger partial charge in [0.05, 0.1) is 19.7 Å². The molecule has 0 fully saturated rings. The molecule has 136 valence electrons. The van der Waals surface area contributed by atoms with Gasteiger partial charge in [-0.3, -0.25) is 4.68 Å². The summed E-state index contributed by atoms with van der Waals surface area (Å²) in [5, 5.41) is 10.0.